The van der Waals surface area contributed by atoms with Crippen LogP contribution in [-0.2, 0) is 4.79 Å². The number of hydrogen-bond donors (Lipinski definition) is 0. The fraction of sp³-hybridized carbons (Fsp3) is 0.714. The maximum absolute atomic E-state index is 13.2. The Labute approximate surface area is 216 Å². The summed E-state index contributed by atoms with van der Waals surface area (Å²) < 4.78 is 0. The van der Waals surface area contributed by atoms with Gasteiger partial charge < -0.3 is 9.80 Å². The van der Waals surface area contributed by atoms with E-state index in [1.165, 1.54) is 57.8 Å². The second kappa shape index (κ2) is 14.4. The molecule has 0 aromatic heterocycles. The predicted molar refractivity (Wildman–Crippen MR) is 145 cm³/mol. The van der Waals surface area contributed by atoms with E-state index in [1.54, 1.807) is 6.07 Å². The molecule has 3 rings (SSSR count). The Morgan fingerprint density at radius 2 is 1.47 bits per heavy atom. The third-order valence-corrected chi connectivity index (χ3v) is 9.30. The Balaban J connectivity index is 1.33. The number of unbranched alkanes of at least 4 members (excludes halogenated alkanes) is 10. The summed E-state index contributed by atoms with van der Waals surface area (Å²) in [6.45, 7) is 4.51. The van der Waals surface area contributed by atoms with Crippen LogP contribution in [0.15, 0.2) is 24.3 Å². The maximum Gasteiger partial charge on any atom is 0.256 e. The van der Waals surface area contributed by atoms with E-state index in [1.807, 2.05) is 39.8 Å². The van der Waals surface area contributed by atoms with Crippen molar-refractivity contribution in [3.8, 4) is 0 Å². The van der Waals surface area contributed by atoms with Gasteiger partial charge in [-0.2, -0.15) is 0 Å². The lowest BCUT2D eigenvalue weighted by molar-refractivity contribution is -0.132. The number of amides is 2. The first kappa shape index (κ1) is 27.4. The number of piperidine rings is 1. The molecule has 6 heteroatoms. The Morgan fingerprint density at radius 1 is 0.882 bits per heavy atom. The highest BCUT2D eigenvalue weighted by molar-refractivity contribution is 8.00. The number of hydrogen-bond acceptors (Lipinski definition) is 3. The molecule has 0 atom stereocenters. The van der Waals surface area contributed by atoms with E-state index < -0.39 is 0 Å². The van der Waals surface area contributed by atoms with Gasteiger partial charge in [-0.3, -0.25) is 9.59 Å². The van der Waals surface area contributed by atoms with Crippen LogP contribution in [0.3, 0.4) is 0 Å². The van der Waals surface area contributed by atoms with Crippen molar-refractivity contribution < 1.29 is 9.59 Å². The van der Waals surface area contributed by atoms with Gasteiger partial charge in [-0.1, -0.05) is 94.9 Å². The lowest BCUT2D eigenvalue weighted by Crippen LogP contribution is -2.53. The van der Waals surface area contributed by atoms with E-state index in [0.717, 1.165) is 51.1 Å². The minimum absolute atomic E-state index is 0.0244. The number of thioether (sulfide) groups is 1. The Bertz CT molecular complexity index is 779. The molecule has 0 N–H and O–H groups in total. The molecular weight excluding hydrogens is 464 g/mol. The quantitative estimate of drug-likeness (QED) is 0.259. The van der Waals surface area contributed by atoms with Gasteiger partial charge in [0.1, 0.15) is 0 Å². The standard InChI is InChI=1S/C28H43ClN2O2S/c1-2-3-4-5-6-7-8-9-10-11-12-17-26(32)30-20-18-28(19-21-30)31(22-23-34-28)27(33)24-15-13-14-16-25(24)29/h13-16H,2-12,17-23H2,1H3. The summed E-state index contributed by atoms with van der Waals surface area (Å²) in [6, 6.07) is 7.31. The van der Waals surface area contributed by atoms with E-state index in [4.69, 9.17) is 11.6 Å². The Kier molecular flexibility index (Phi) is 11.6. The first-order valence-corrected chi connectivity index (χ1v) is 14.9. The van der Waals surface area contributed by atoms with Crippen molar-refractivity contribution in [2.24, 2.45) is 0 Å². The third kappa shape index (κ3) is 7.65. The molecule has 4 nitrogen and oxygen atoms in total. The molecule has 2 amide bonds. The van der Waals surface area contributed by atoms with Crippen LogP contribution < -0.4 is 0 Å². The first-order valence-electron chi connectivity index (χ1n) is 13.6. The number of likely N-dealkylation sites (tertiary alicyclic amines) is 1. The summed E-state index contributed by atoms with van der Waals surface area (Å²) in [6.07, 6.45) is 16.7. The van der Waals surface area contributed by atoms with Crippen LogP contribution >= 0.6 is 23.4 Å². The predicted octanol–water partition coefficient (Wildman–Crippen LogP) is 7.55. The van der Waals surface area contributed by atoms with E-state index in [9.17, 15) is 9.59 Å². The second-order valence-electron chi connectivity index (χ2n) is 9.90. The molecule has 2 saturated heterocycles. The van der Waals surface area contributed by atoms with Gasteiger partial charge in [0.15, 0.2) is 0 Å². The molecule has 2 heterocycles. The first-order chi connectivity index (χ1) is 16.6. The zero-order valence-electron chi connectivity index (χ0n) is 21.0. The van der Waals surface area contributed by atoms with Gasteiger partial charge in [0.05, 0.1) is 15.5 Å². The van der Waals surface area contributed by atoms with Crippen LogP contribution in [0.4, 0.5) is 0 Å². The second-order valence-corrected chi connectivity index (χ2v) is 11.8. The van der Waals surface area contributed by atoms with E-state index in [0.29, 0.717) is 17.0 Å². The van der Waals surface area contributed by atoms with Gasteiger partial charge in [0, 0.05) is 31.8 Å². The van der Waals surface area contributed by atoms with Crippen LogP contribution in [0.25, 0.3) is 0 Å². The number of carbonyl (C=O) groups is 2. The highest BCUT2D eigenvalue weighted by Crippen LogP contribution is 2.45. The van der Waals surface area contributed by atoms with Gasteiger partial charge in [-0.05, 0) is 31.4 Å². The van der Waals surface area contributed by atoms with Crippen molar-refractivity contribution >= 4 is 35.2 Å². The molecule has 0 radical (unpaired) electrons. The molecular formula is C28H43ClN2O2S. The topological polar surface area (TPSA) is 40.6 Å². The van der Waals surface area contributed by atoms with Crippen molar-refractivity contribution in [3.63, 3.8) is 0 Å². The molecule has 190 valence electrons. The number of nitrogens with zero attached hydrogens (tertiary/aromatic N) is 2. The number of carbonyl (C=O) groups excluding carboxylic acids is 2. The summed E-state index contributed by atoms with van der Waals surface area (Å²) in [5.41, 5.74) is 0.584. The van der Waals surface area contributed by atoms with Crippen molar-refractivity contribution in [1.82, 2.24) is 9.80 Å². The summed E-state index contributed by atoms with van der Waals surface area (Å²) in [7, 11) is 0. The summed E-state index contributed by atoms with van der Waals surface area (Å²) >= 11 is 8.18. The summed E-state index contributed by atoms with van der Waals surface area (Å²) in [4.78, 5) is 29.9. The molecule has 2 fully saturated rings. The van der Waals surface area contributed by atoms with Crippen molar-refractivity contribution in [3.05, 3.63) is 34.9 Å². The number of benzene rings is 1. The minimum Gasteiger partial charge on any atom is -0.342 e. The molecule has 0 bridgehead atoms. The average molecular weight is 507 g/mol. The van der Waals surface area contributed by atoms with Crippen LogP contribution in [0, 0.1) is 0 Å². The SMILES string of the molecule is CCCCCCCCCCCCCC(=O)N1CCC2(CC1)SCCN2C(=O)c1ccccc1Cl. The van der Waals surface area contributed by atoms with Crippen molar-refractivity contribution in [2.45, 2.75) is 102 Å². The largest absolute Gasteiger partial charge is 0.342 e. The fourth-order valence-electron chi connectivity index (χ4n) is 5.29. The molecule has 0 saturated carbocycles. The molecule has 1 aromatic rings. The highest BCUT2D eigenvalue weighted by Gasteiger charge is 2.47. The van der Waals surface area contributed by atoms with Crippen molar-refractivity contribution in [2.75, 3.05) is 25.4 Å². The molecule has 1 spiro atoms. The number of halogens is 1. The lowest BCUT2D eigenvalue weighted by Gasteiger charge is -2.44. The molecule has 1 aromatic carbocycles. The molecule has 0 aliphatic carbocycles. The van der Waals surface area contributed by atoms with Gasteiger partial charge in [0.25, 0.3) is 5.91 Å². The van der Waals surface area contributed by atoms with Gasteiger partial charge in [-0.15, -0.1) is 11.8 Å². The summed E-state index contributed by atoms with van der Waals surface area (Å²) in [5, 5.41) is 0.513. The summed E-state index contributed by atoms with van der Waals surface area (Å²) in [5.74, 6) is 1.26. The number of rotatable bonds is 13. The molecule has 34 heavy (non-hydrogen) atoms. The molecule has 2 aliphatic heterocycles. The van der Waals surface area contributed by atoms with E-state index in [2.05, 4.69) is 6.92 Å². The Morgan fingerprint density at radius 3 is 2.09 bits per heavy atom. The van der Waals surface area contributed by atoms with E-state index in [-0.39, 0.29) is 16.7 Å². The van der Waals surface area contributed by atoms with Gasteiger partial charge >= 0.3 is 0 Å². The zero-order chi connectivity index (χ0) is 24.2. The lowest BCUT2D eigenvalue weighted by atomic mass is 10.00. The fourth-order valence-corrected chi connectivity index (χ4v) is 6.97. The van der Waals surface area contributed by atoms with Crippen LogP contribution in [0.2, 0.25) is 5.02 Å². The van der Waals surface area contributed by atoms with Crippen LogP contribution in [0.1, 0.15) is 107 Å². The Hall–Kier alpha value is -1.20. The van der Waals surface area contributed by atoms with Crippen LogP contribution in [0.5, 0.6) is 0 Å². The normalized spacial score (nSPS) is 17.5. The highest BCUT2D eigenvalue weighted by atomic mass is 35.5. The van der Waals surface area contributed by atoms with Gasteiger partial charge in [-0.25, -0.2) is 0 Å². The van der Waals surface area contributed by atoms with Crippen LogP contribution in [-0.4, -0.2) is 51.9 Å². The van der Waals surface area contributed by atoms with E-state index >= 15 is 0 Å². The third-order valence-electron chi connectivity index (χ3n) is 7.42. The maximum atomic E-state index is 13.2. The smallest absolute Gasteiger partial charge is 0.256 e. The zero-order valence-corrected chi connectivity index (χ0v) is 22.6. The monoisotopic (exact) mass is 506 g/mol. The molecule has 2 aliphatic rings. The molecule has 0 unspecified atom stereocenters. The van der Waals surface area contributed by atoms with Gasteiger partial charge in [0.2, 0.25) is 5.91 Å². The minimum atomic E-state index is -0.191. The average Bonchev–Trinajstić information content (AvgIpc) is 3.25. The van der Waals surface area contributed by atoms with Crippen molar-refractivity contribution in [1.29, 1.82) is 0 Å².